The van der Waals surface area contributed by atoms with Crippen LogP contribution in [-0.4, -0.2) is 47.0 Å². The maximum Gasteiger partial charge on any atom is 0.248 e. The lowest BCUT2D eigenvalue weighted by Gasteiger charge is -2.30. The van der Waals surface area contributed by atoms with E-state index in [-0.39, 0.29) is 12.0 Å². The van der Waals surface area contributed by atoms with Crippen LogP contribution in [0.4, 0.5) is 17.2 Å². The van der Waals surface area contributed by atoms with Gasteiger partial charge in [0.05, 0.1) is 11.2 Å². The molecule has 1 aliphatic rings. The molecule has 32 heavy (non-hydrogen) atoms. The summed E-state index contributed by atoms with van der Waals surface area (Å²) < 4.78 is 7.31. The second-order valence-electron chi connectivity index (χ2n) is 7.83. The third kappa shape index (κ3) is 5.44. The molecule has 2 N–H and O–H groups in total. The SMILES string of the molecule is C/C=C/C(=O)Nc1cc2c(Nc3cccc(Br)c3)ncnc2cc1OC1CCN(C)CC1. The van der Waals surface area contributed by atoms with Crippen LogP contribution in [0.15, 0.2) is 59.4 Å². The van der Waals surface area contributed by atoms with Crippen LogP contribution >= 0.6 is 15.9 Å². The molecule has 0 atom stereocenters. The summed E-state index contributed by atoms with van der Waals surface area (Å²) in [7, 11) is 2.12. The van der Waals surface area contributed by atoms with Crippen molar-refractivity contribution in [2.45, 2.75) is 25.9 Å². The Morgan fingerprint density at radius 1 is 1.22 bits per heavy atom. The first-order valence-electron chi connectivity index (χ1n) is 10.6. The molecule has 166 valence electrons. The van der Waals surface area contributed by atoms with Gasteiger partial charge in [0.1, 0.15) is 24.0 Å². The molecule has 2 heterocycles. The molecule has 0 saturated carbocycles. The van der Waals surface area contributed by atoms with Gasteiger partial charge in [0.25, 0.3) is 0 Å². The third-order valence-corrected chi connectivity index (χ3v) is 5.85. The van der Waals surface area contributed by atoms with Crippen molar-refractivity contribution in [1.82, 2.24) is 14.9 Å². The van der Waals surface area contributed by atoms with E-state index in [4.69, 9.17) is 4.74 Å². The number of rotatable bonds is 6. The monoisotopic (exact) mass is 495 g/mol. The number of hydrogen-bond donors (Lipinski definition) is 2. The Morgan fingerprint density at radius 2 is 2.03 bits per heavy atom. The number of nitrogens with zero attached hydrogens (tertiary/aromatic N) is 3. The first-order chi connectivity index (χ1) is 15.5. The Labute approximate surface area is 196 Å². The molecular formula is C24H26BrN5O2. The first kappa shape index (κ1) is 22.2. The number of fused-ring (bicyclic) bond motifs is 1. The van der Waals surface area contributed by atoms with E-state index in [0.717, 1.165) is 47.0 Å². The fourth-order valence-electron chi connectivity index (χ4n) is 3.69. The summed E-state index contributed by atoms with van der Waals surface area (Å²) in [6.45, 7) is 3.78. The van der Waals surface area contributed by atoms with Crippen LogP contribution in [0, 0.1) is 0 Å². The van der Waals surface area contributed by atoms with Gasteiger partial charge >= 0.3 is 0 Å². The number of nitrogens with one attached hydrogen (secondary N) is 2. The Kier molecular flexibility index (Phi) is 7.02. The van der Waals surface area contributed by atoms with Crippen molar-refractivity contribution in [3.8, 4) is 5.75 Å². The molecule has 1 fully saturated rings. The number of carbonyl (C=O) groups excluding carboxylic acids is 1. The molecule has 1 amide bonds. The van der Waals surface area contributed by atoms with E-state index in [9.17, 15) is 4.79 Å². The van der Waals surface area contributed by atoms with E-state index in [1.165, 1.54) is 12.4 Å². The van der Waals surface area contributed by atoms with Gasteiger partial charge in [0.15, 0.2) is 0 Å². The Balaban J connectivity index is 1.71. The number of halogens is 1. The molecule has 0 spiro atoms. The van der Waals surface area contributed by atoms with Gasteiger partial charge in [-0.25, -0.2) is 9.97 Å². The van der Waals surface area contributed by atoms with Crippen LogP contribution in [-0.2, 0) is 4.79 Å². The molecule has 7 nitrogen and oxygen atoms in total. The van der Waals surface area contributed by atoms with E-state index >= 15 is 0 Å². The van der Waals surface area contributed by atoms with Crippen LogP contribution in [0.2, 0.25) is 0 Å². The summed E-state index contributed by atoms with van der Waals surface area (Å²) in [5, 5.41) is 7.09. The number of anilines is 3. The molecule has 1 aliphatic heterocycles. The number of hydrogen-bond acceptors (Lipinski definition) is 6. The molecule has 8 heteroatoms. The molecule has 0 bridgehead atoms. The van der Waals surface area contributed by atoms with Crippen molar-refractivity contribution >= 4 is 49.9 Å². The number of ether oxygens (including phenoxy) is 1. The van der Waals surface area contributed by atoms with Crippen molar-refractivity contribution in [3.63, 3.8) is 0 Å². The van der Waals surface area contributed by atoms with Crippen LogP contribution in [0.1, 0.15) is 19.8 Å². The number of likely N-dealkylation sites (tertiary alicyclic amines) is 1. The summed E-state index contributed by atoms with van der Waals surface area (Å²) in [5.74, 6) is 1.07. The maximum atomic E-state index is 12.3. The predicted octanol–water partition coefficient (Wildman–Crippen LogP) is 5.12. The molecule has 3 aromatic rings. The van der Waals surface area contributed by atoms with Gasteiger partial charge in [0.2, 0.25) is 5.91 Å². The second kappa shape index (κ2) is 10.1. The number of aromatic nitrogens is 2. The summed E-state index contributed by atoms with van der Waals surface area (Å²) in [4.78, 5) is 23.5. The average molecular weight is 496 g/mol. The fourth-order valence-corrected chi connectivity index (χ4v) is 4.09. The highest BCUT2D eigenvalue weighted by Crippen LogP contribution is 2.35. The van der Waals surface area contributed by atoms with Gasteiger partial charge in [-0.3, -0.25) is 4.79 Å². The lowest BCUT2D eigenvalue weighted by molar-refractivity contribution is -0.111. The quantitative estimate of drug-likeness (QED) is 0.461. The molecule has 1 saturated heterocycles. The lowest BCUT2D eigenvalue weighted by Crippen LogP contribution is -2.35. The molecule has 2 aromatic carbocycles. The van der Waals surface area contributed by atoms with E-state index in [0.29, 0.717) is 17.3 Å². The molecule has 4 rings (SSSR count). The van der Waals surface area contributed by atoms with Crippen LogP contribution < -0.4 is 15.4 Å². The van der Waals surface area contributed by atoms with Crippen molar-refractivity contribution in [2.75, 3.05) is 30.8 Å². The predicted molar refractivity (Wildman–Crippen MR) is 132 cm³/mol. The standard InChI is InChI=1S/C24H26BrN5O2/c1-3-5-23(31)29-21-13-19-20(14-22(21)32-18-8-10-30(2)11-9-18)26-15-27-24(19)28-17-7-4-6-16(25)12-17/h3-7,12-15,18H,8-11H2,1-2H3,(H,29,31)(H,26,27,28)/b5-3+. The van der Waals surface area contributed by atoms with Gasteiger partial charge in [-0.15, -0.1) is 0 Å². The normalized spacial score (nSPS) is 15.2. The first-order valence-corrected chi connectivity index (χ1v) is 11.4. The Hall–Kier alpha value is -2.97. The number of amides is 1. The number of carbonyl (C=O) groups is 1. The van der Waals surface area contributed by atoms with Gasteiger partial charge in [0, 0.05) is 34.7 Å². The van der Waals surface area contributed by atoms with Gasteiger partial charge in [-0.2, -0.15) is 0 Å². The second-order valence-corrected chi connectivity index (χ2v) is 8.75. The van der Waals surface area contributed by atoms with Gasteiger partial charge in [-0.1, -0.05) is 28.1 Å². The largest absolute Gasteiger partial charge is 0.488 e. The third-order valence-electron chi connectivity index (χ3n) is 5.36. The molecule has 0 aliphatic carbocycles. The Bertz CT molecular complexity index is 1140. The average Bonchev–Trinajstić information content (AvgIpc) is 2.76. The summed E-state index contributed by atoms with van der Waals surface area (Å²) in [6.07, 6.45) is 6.71. The number of allylic oxidation sites excluding steroid dienone is 1. The zero-order valence-electron chi connectivity index (χ0n) is 18.1. The maximum absolute atomic E-state index is 12.3. The summed E-state index contributed by atoms with van der Waals surface area (Å²) in [5.41, 5.74) is 2.24. The van der Waals surface area contributed by atoms with Crippen LogP contribution in [0.5, 0.6) is 5.75 Å². The smallest absolute Gasteiger partial charge is 0.248 e. The minimum Gasteiger partial charge on any atom is -0.488 e. The number of benzene rings is 2. The van der Waals surface area contributed by atoms with Crippen molar-refractivity contribution in [1.29, 1.82) is 0 Å². The van der Waals surface area contributed by atoms with E-state index in [1.54, 1.807) is 6.08 Å². The van der Waals surface area contributed by atoms with Crippen molar-refractivity contribution in [3.05, 3.63) is 59.4 Å². The zero-order valence-corrected chi connectivity index (χ0v) is 19.7. The molecule has 0 unspecified atom stereocenters. The highest BCUT2D eigenvalue weighted by atomic mass is 79.9. The fraction of sp³-hybridized carbons (Fsp3) is 0.292. The van der Waals surface area contributed by atoms with E-state index < -0.39 is 0 Å². The van der Waals surface area contributed by atoms with Crippen LogP contribution in [0.3, 0.4) is 0 Å². The molecular weight excluding hydrogens is 470 g/mol. The minimum atomic E-state index is -0.210. The van der Waals surface area contributed by atoms with E-state index in [2.05, 4.69) is 48.5 Å². The Morgan fingerprint density at radius 3 is 2.78 bits per heavy atom. The lowest BCUT2D eigenvalue weighted by atomic mass is 10.1. The minimum absolute atomic E-state index is 0.0992. The van der Waals surface area contributed by atoms with Crippen LogP contribution in [0.25, 0.3) is 10.9 Å². The topological polar surface area (TPSA) is 79.4 Å². The van der Waals surface area contributed by atoms with E-state index in [1.807, 2.05) is 43.3 Å². The van der Waals surface area contributed by atoms with Crippen molar-refractivity contribution < 1.29 is 9.53 Å². The van der Waals surface area contributed by atoms with Gasteiger partial charge in [-0.05, 0) is 57.2 Å². The van der Waals surface area contributed by atoms with Crippen molar-refractivity contribution in [2.24, 2.45) is 0 Å². The molecule has 1 aromatic heterocycles. The highest BCUT2D eigenvalue weighted by molar-refractivity contribution is 9.10. The zero-order chi connectivity index (χ0) is 22.5. The number of piperidine rings is 1. The highest BCUT2D eigenvalue weighted by Gasteiger charge is 2.21. The molecule has 0 radical (unpaired) electrons. The summed E-state index contributed by atoms with van der Waals surface area (Å²) in [6, 6.07) is 11.6. The van der Waals surface area contributed by atoms with Gasteiger partial charge < -0.3 is 20.3 Å². The summed E-state index contributed by atoms with van der Waals surface area (Å²) >= 11 is 3.49.